The summed E-state index contributed by atoms with van der Waals surface area (Å²) in [7, 11) is 0. The van der Waals surface area contributed by atoms with Crippen LogP contribution in [0.3, 0.4) is 0 Å². The third-order valence-corrected chi connectivity index (χ3v) is 6.45. The first-order chi connectivity index (χ1) is 16.1. The maximum atomic E-state index is 13.8. The molecule has 4 aromatic rings. The van der Waals surface area contributed by atoms with Gasteiger partial charge in [0.25, 0.3) is 0 Å². The molecule has 3 aromatic carbocycles. The number of pyridine rings is 1. The first kappa shape index (κ1) is 21.7. The summed E-state index contributed by atoms with van der Waals surface area (Å²) >= 11 is 0. The minimum Gasteiger partial charge on any atom is -0.311 e. The highest BCUT2D eigenvalue weighted by Gasteiger charge is 2.26. The topological polar surface area (TPSA) is 28.2 Å². The van der Waals surface area contributed by atoms with Crippen LogP contribution in [0, 0.1) is 11.6 Å². The molecule has 1 N–H and O–H groups in total. The Morgan fingerprint density at radius 2 is 1.70 bits per heavy atom. The van der Waals surface area contributed by atoms with Crippen molar-refractivity contribution in [3.63, 3.8) is 0 Å². The number of rotatable bonds is 7. The number of hydrogen-bond donors (Lipinski definition) is 1. The van der Waals surface area contributed by atoms with Crippen molar-refractivity contribution in [2.45, 2.75) is 32.0 Å². The van der Waals surface area contributed by atoms with Crippen LogP contribution >= 0.6 is 0 Å². The van der Waals surface area contributed by atoms with Gasteiger partial charge < -0.3 is 5.32 Å². The molecule has 1 unspecified atom stereocenters. The Hall–Kier alpha value is -3.15. The van der Waals surface area contributed by atoms with Crippen LogP contribution < -0.4 is 5.32 Å². The SMILES string of the molecule is Fc1ccc(CC2Cc3cc(F)ccc3CN2CCNCc2cnc3ccccc3c2)cc1. The lowest BCUT2D eigenvalue weighted by molar-refractivity contribution is 0.170. The molecule has 0 aliphatic carbocycles. The van der Waals surface area contributed by atoms with Crippen molar-refractivity contribution in [3.05, 3.63) is 113 Å². The molecule has 168 valence electrons. The van der Waals surface area contributed by atoms with Crippen LogP contribution in [-0.2, 0) is 25.9 Å². The number of para-hydroxylation sites is 1. The molecule has 0 saturated heterocycles. The highest BCUT2D eigenvalue weighted by atomic mass is 19.1. The lowest BCUT2D eigenvalue weighted by atomic mass is 9.90. The predicted octanol–water partition coefficient (Wildman–Crippen LogP) is 5.27. The maximum absolute atomic E-state index is 13.8. The average Bonchev–Trinajstić information content (AvgIpc) is 2.83. The molecule has 1 aromatic heterocycles. The number of fused-ring (bicyclic) bond motifs is 2. The van der Waals surface area contributed by atoms with E-state index < -0.39 is 0 Å². The fourth-order valence-electron chi connectivity index (χ4n) is 4.69. The molecule has 0 radical (unpaired) electrons. The maximum Gasteiger partial charge on any atom is 0.123 e. The number of hydrogen-bond acceptors (Lipinski definition) is 3. The van der Waals surface area contributed by atoms with Crippen molar-refractivity contribution in [2.75, 3.05) is 13.1 Å². The van der Waals surface area contributed by atoms with Gasteiger partial charge in [0.2, 0.25) is 0 Å². The van der Waals surface area contributed by atoms with E-state index in [-0.39, 0.29) is 17.7 Å². The molecular formula is C28H27F2N3. The van der Waals surface area contributed by atoms with Crippen LogP contribution in [0.2, 0.25) is 0 Å². The van der Waals surface area contributed by atoms with E-state index in [1.807, 2.05) is 42.6 Å². The van der Waals surface area contributed by atoms with Crippen LogP contribution in [0.15, 0.2) is 79.0 Å². The van der Waals surface area contributed by atoms with Crippen molar-refractivity contribution in [1.29, 1.82) is 0 Å². The second-order valence-corrected chi connectivity index (χ2v) is 8.79. The summed E-state index contributed by atoms with van der Waals surface area (Å²) in [6.07, 6.45) is 3.53. The fraction of sp³-hybridized carbons (Fsp3) is 0.250. The van der Waals surface area contributed by atoms with Gasteiger partial charge in [-0.1, -0.05) is 36.4 Å². The van der Waals surface area contributed by atoms with E-state index >= 15 is 0 Å². The molecule has 0 saturated carbocycles. The molecule has 0 fully saturated rings. The summed E-state index contributed by atoms with van der Waals surface area (Å²) in [5, 5.41) is 4.70. The van der Waals surface area contributed by atoms with Gasteiger partial charge in [0.1, 0.15) is 11.6 Å². The Morgan fingerprint density at radius 3 is 2.58 bits per heavy atom. The largest absolute Gasteiger partial charge is 0.311 e. The Morgan fingerprint density at radius 1 is 0.879 bits per heavy atom. The normalized spacial score (nSPS) is 16.1. The standard InChI is InChI=1S/C28H27F2N3/c29-25-8-5-20(6-9-25)14-27-16-24-15-26(30)10-7-23(24)19-33(27)12-11-31-17-21-13-22-3-1-2-4-28(22)32-18-21/h1-10,13,15,18,27,31H,11-12,14,16-17,19H2. The Labute approximate surface area is 193 Å². The monoisotopic (exact) mass is 443 g/mol. The number of nitrogens with zero attached hydrogens (tertiary/aromatic N) is 2. The second-order valence-electron chi connectivity index (χ2n) is 8.79. The lowest BCUT2D eigenvalue weighted by Crippen LogP contribution is -2.44. The molecule has 3 nitrogen and oxygen atoms in total. The Balaban J connectivity index is 1.24. The fourth-order valence-corrected chi connectivity index (χ4v) is 4.69. The molecule has 1 aliphatic rings. The highest BCUT2D eigenvalue weighted by molar-refractivity contribution is 5.78. The van der Waals surface area contributed by atoms with Gasteiger partial charge in [-0.2, -0.15) is 0 Å². The molecule has 0 spiro atoms. The van der Waals surface area contributed by atoms with Crippen molar-refractivity contribution in [2.24, 2.45) is 0 Å². The smallest absolute Gasteiger partial charge is 0.123 e. The summed E-state index contributed by atoms with van der Waals surface area (Å²) in [4.78, 5) is 6.99. The van der Waals surface area contributed by atoms with E-state index in [9.17, 15) is 8.78 Å². The van der Waals surface area contributed by atoms with Crippen LogP contribution in [0.1, 0.15) is 22.3 Å². The first-order valence-electron chi connectivity index (χ1n) is 11.4. The highest BCUT2D eigenvalue weighted by Crippen LogP contribution is 2.26. The van der Waals surface area contributed by atoms with E-state index in [1.54, 1.807) is 12.1 Å². The van der Waals surface area contributed by atoms with E-state index in [0.717, 1.165) is 66.6 Å². The number of aromatic nitrogens is 1. The number of halogens is 2. The number of nitrogens with one attached hydrogen (secondary N) is 1. The van der Waals surface area contributed by atoms with Gasteiger partial charge in [0.15, 0.2) is 0 Å². The van der Waals surface area contributed by atoms with Gasteiger partial charge in [-0.25, -0.2) is 8.78 Å². The van der Waals surface area contributed by atoms with Crippen LogP contribution in [0.4, 0.5) is 8.78 Å². The van der Waals surface area contributed by atoms with E-state index in [4.69, 9.17) is 0 Å². The molecule has 1 aliphatic heterocycles. The van der Waals surface area contributed by atoms with Crippen molar-refractivity contribution >= 4 is 10.9 Å². The van der Waals surface area contributed by atoms with Crippen LogP contribution in [-0.4, -0.2) is 29.0 Å². The molecule has 5 heteroatoms. The van der Waals surface area contributed by atoms with Gasteiger partial charge in [-0.3, -0.25) is 9.88 Å². The van der Waals surface area contributed by atoms with Crippen molar-refractivity contribution in [3.8, 4) is 0 Å². The minimum absolute atomic E-state index is 0.187. The first-order valence-corrected chi connectivity index (χ1v) is 11.4. The molecule has 33 heavy (non-hydrogen) atoms. The predicted molar refractivity (Wildman–Crippen MR) is 128 cm³/mol. The van der Waals surface area contributed by atoms with Gasteiger partial charge in [-0.05, 0) is 71.5 Å². The zero-order chi connectivity index (χ0) is 22.6. The van der Waals surface area contributed by atoms with Crippen LogP contribution in [0.25, 0.3) is 10.9 Å². The molecule has 2 heterocycles. The molecule has 0 bridgehead atoms. The van der Waals surface area contributed by atoms with Gasteiger partial charge in [0.05, 0.1) is 5.52 Å². The third-order valence-electron chi connectivity index (χ3n) is 6.45. The Bertz CT molecular complexity index is 1240. The number of benzene rings is 3. The molecule has 1 atom stereocenters. The minimum atomic E-state index is -0.223. The van der Waals surface area contributed by atoms with Gasteiger partial charge in [-0.15, -0.1) is 0 Å². The van der Waals surface area contributed by atoms with Crippen molar-refractivity contribution < 1.29 is 8.78 Å². The average molecular weight is 444 g/mol. The van der Waals surface area contributed by atoms with E-state index in [0.29, 0.717) is 0 Å². The summed E-state index contributed by atoms with van der Waals surface area (Å²) in [5.74, 6) is -0.410. The van der Waals surface area contributed by atoms with E-state index in [2.05, 4.69) is 27.3 Å². The van der Waals surface area contributed by atoms with E-state index in [1.165, 1.54) is 17.7 Å². The molecule has 0 amide bonds. The zero-order valence-electron chi connectivity index (χ0n) is 18.5. The molecular weight excluding hydrogens is 416 g/mol. The zero-order valence-corrected chi connectivity index (χ0v) is 18.5. The quantitative estimate of drug-likeness (QED) is 0.394. The van der Waals surface area contributed by atoms with Gasteiger partial charge >= 0.3 is 0 Å². The van der Waals surface area contributed by atoms with Gasteiger partial charge in [0, 0.05) is 43.8 Å². The van der Waals surface area contributed by atoms with Crippen molar-refractivity contribution in [1.82, 2.24) is 15.2 Å². The van der Waals surface area contributed by atoms with Crippen LogP contribution in [0.5, 0.6) is 0 Å². The Kier molecular flexibility index (Phi) is 6.42. The lowest BCUT2D eigenvalue weighted by Gasteiger charge is -2.37. The summed E-state index contributed by atoms with van der Waals surface area (Å²) in [5.41, 5.74) is 5.53. The third kappa shape index (κ3) is 5.27. The summed E-state index contributed by atoms with van der Waals surface area (Å²) < 4.78 is 27.2. The molecule has 5 rings (SSSR count). The summed E-state index contributed by atoms with van der Waals surface area (Å²) in [6, 6.07) is 22.4. The summed E-state index contributed by atoms with van der Waals surface area (Å²) in [6.45, 7) is 3.27. The second kappa shape index (κ2) is 9.77.